The fraction of sp³-hybridized carbons (Fsp3) is 0.435. The number of amides is 1. The molecule has 31 heavy (non-hydrogen) atoms. The Hall–Kier alpha value is -2.09. The minimum atomic E-state index is -3.64. The highest BCUT2D eigenvalue weighted by molar-refractivity contribution is 7.89. The average Bonchev–Trinajstić information content (AvgIpc) is 2.81. The molecule has 0 saturated carbocycles. The second-order valence-corrected chi connectivity index (χ2v) is 10.5. The van der Waals surface area contributed by atoms with Crippen LogP contribution in [0, 0.1) is 0 Å². The molecule has 0 spiro atoms. The Kier molecular flexibility index (Phi) is 6.84. The molecule has 2 aromatic rings. The van der Waals surface area contributed by atoms with Gasteiger partial charge in [0.2, 0.25) is 10.0 Å². The van der Waals surface area contributed by atoms with Gasteiger partial charge >= 0.3 is 0 Å². The van der Waals surface area contributed by atoms with Crippen molar-refractivity contribution in [3.05, 3.63) is 53.1 Å². The molecule has 1 N–H and O–H groups in total. The molecule has 0 unspecified atom stereocenters. The topological polar surface area (TPSA) is 69.7 Å². The number of benzene rings is 2. The van der Waals surface area contributed by atoms with E-state index in [1.165, 1.54) is 16.8 Å². The van der Waals surface area contributed by atoms with Crippen LogP contribution in [-0.2, 0) is 10.0 Å². The maximum atomic E-state index is 13.3. The first-order valence-electron chi connectivity index (χ1n) is 10.9. The molecular weight excluding hydrogens is 434 g/mol. The fourth-order valence-corrected chi connectivity index (χ4v) is 6.00. The lowest BCUT2D eigenvalue weighted by Gasteiger charge is -2.31. The van der Waals surface area contributed by atoms with Gasteiger partial charge in [-0.25, -0.2) is 8.42 Å². The van der Waals surface area contributed by atoms with Crippen molar-refractivity contribution in [1.82, 2.24) is 4.31 Å². The molecule has 2 aromatic carbocycles. The van der Waals surface area contributed by atoms with Gasteiger partial charge in [0.15, 0.2) is 0 Å². The number of nitrogens with one attached hydrogen (secondary N) is 1. The summed E-state index contributed by atoms with van der Waals surface area (Å²) < 4.78 is 28.0. The molecule has 166 valence electrons. The lowest BCUT2D eigenvalue weighted by Crippen LogP contribution is -2.36. The van der Waals surface area contributed by atoms with Gasteiger partial charge in [0.1, 0.15) is 0 Å². The molecule has 0 radical (unpaired) electrons. The number of carbonyl (C=O) groups is 1. The summed E-state index contributed by atoms with van der Waals surface area (Å²) in [4.78, 5) is 15.6. The molecule has 1 amide bonds. The lowest BCUT2D eigenvalue weighted by atomic mass is 10.1. The van der Waals surface area contributed by atoms with Gasteiger partial charge in [0.25, 0.3) is 5.91 Å². The van der Waals surface area contributed by atoms with Crippen molar-refractivity contribution in [2.75, 3.05) is 36.4 Å². The van der Waals surface area contributed by atoms with Gasteiger partial charge in [-0.15, -0.1) is 0 Å². The monoisotopic (exact) mass is 461 g/mol. The van der Waals surface area contributed by atoms with Crippen LogP contribution in [-0.4, -0.2) is 44.8 Å². The summed E-state index contributed by atoms with van der Waals surface area (Å²) in [6.07, 6.45) is 6.05. The number of para-hydroxylation sites is 1. The summed E-state index contributed by atoms with van der Waals surface area (Å²) in [6, 6.07) is 12.0. The zero-order chi connectivity index (χ0) is 21.8. The van der Waals surface area contributed by atoms with Crippen LogP contribution in [0.5, 0.6) is 0 Å². The van der Waals surface area contributed by atoms with Crippen LogP contribution in [0.15, 0.2) is 47.4 Å². The number of halogens is 1. The molecule has 8 heteroatoms. The highest BCUT2D eigenvalue weighted by Gasteiger charge is 2.28. The summed E-state index contributed by atoms with van der Waals surface area (Å²) in [5, 5.41) is 3.30. The Morgan fingerprint density at radius 3 is 2.19 bits per heavy atom. The molecule has 0 atom stereocenters. The van der Waals surface area contributed by atoms with Crippen LogP contribution in [0.25, 0.3) is 0 Å². The average molecular weight is 462 g/mol. The summed E-state index contributed by atoms with van der Waals surface area (Å²) in [5.41, 5.74) is 1.63. The Morgan fingerprint density at radius 1 is 0.871 bits per heavy atom. The Bertz CT molecular complexity index is 1050. The zero-order valence-electron chi connectivity index (χ0n) is 17.5. The number of hydrogen-bond acceptors (Lipinski definition) is 4. The van der Waals surface area contributed by atoms with Crippen molar-refractivity contribution in [1.29, 1.82) is 0 Å². The first-order chi connectivity index (χ1) is 15.0. The number of sulfonamides is 1. The van der Waals surface area contributed by atoms with Gasteiger partial charge < -0.3 is 10.2 Å². The maximum Gasteiger partial charge on any atom is 0.257 e. The summed E-state index contributed by atoms with van der Waals surface area (Å²) in [7, 11) is -3.64. The van der Waals surface area contributed by atoms with E-state index >= 15 is 0 Å². The number of anilines is 2. The van der Waals surface area contributed by atoms with Crippen LogP contribution in [0.4, 0.5) is 11.4 Å². The molecule has 0 aliphatic carbocycles. The first kappa shape index (κ1) is 22.1. The molecule has 2 heterocycles. The van der Waals surface area contributed by atoms with Gasteiger partial charge in [0, 0.05) is 31.9 Å². The number of piperidine rings is 2. The van der Waals surface area contributed by atoms with E-state index in [1.807, 2.05) is 0 Å². The van der Waals surface area contributed by atoms with Gasteiger partial charge in [-0.1, -0.05) is 30.2 Å². The molecule has 0 aromatic heterocycles. The normalized spacial score (nSPS) is 18.0. The Morgan fingerprint density at radius 2 is 1.52 bits per heavy atom. The van der Waals surface area contributed by atoms with E-state index in [9.17, 15) is 13.2 Å². The van der Waals surface area contributed by atoms with Crippen molar-refractivity contribution in [3.8, 4) is 0 Å². The third kappa shape index (κ3) is 4.89. The van der Waals surface area contributed by atoms with E-state index in [-0.39, 0.29) is 10.8 Å². The zero-order valence-corrected chi connectivity index (χ0v) is 19.1. The Balaban J connectivity index is 1.71. The van der Waals surface area contributed by atoms with Gasteiger partial charge in [-0.3, -0.25) is 4.79 Å². The first-order valence-corrected chi connectivity index (χ1v) is 12.7. The predicted molar refractivity (Wildman–Crippen MR) is 125 cm³/mol. The smallest absolute Gasteiger partial charge is 0.257 e. The molecule has 2 aliphatic rings. The van der Waals surface area contributed by atoms with E-state index in [1.54, 1.807) is 36.4 Å². The summed E-state index contributed by atoms with van der Waals surface area (Å²) in [5.74, 6) is -0.357. The van der Waals surface area contributed by atoms with Crippen LogP contribution >= 0.6 is 11.6 Å². The molecule has 2 aliphatic heterocycles. The molecule has 0 bridgehead atoms. The van der Waals surface area contributed by atoms with E-state index in [0.29, 0.717) is 29.4 Å². The van der Waals surface area contributed by atoms with E-state index in [2.05, 4.69) is 10.2 Å². The highest BCUT2D eigenvalue weighted by atomic mass is 35.5. The van der Waals surface area contributed by atoms with E-state index in [4.69, 9.17) is 11.6 Å². The maximum absolute atomic E-state index is 13.3. The van der Waals surface area contributed by atoms with Crippen molar-refractivity contribution < 1.29 is 13.2 Å². The number of carbonyl (C=O) groups excluding carboxylic acids is 1. The minimum Gasteiger partial charge on any atom is -0.371 e. The van der Waals surface area contributed by atoms with Crippen LogP contribution in [0.1, 0.15) is 48.9 Å². The van der Waals surface area contributed by atoms with Crippen molar-refractivity contribution in [2.45, 2.75) is 43.4 Å². The number of rotatable bonds is 5. The van der Waals surface area contributed by atoms with E-state index in [0.717, 1.165) is 50.9 Å². The van der Waals surface area contributed by atoms with E-state index < -0.39 is 10.0 Å². The predicted octanol–water partition coefficient (Wildman–Crippen LogP) is 4.76. The van der Waals surface area contributed by atoms with Crippen LogP contribution in [0.3, 0.4) is 0 Å². The van der Waals surface area contributed by atoms with Crippen molar-refractivity contribution in [2.24, 2.45) is 0 Å². The Labute approximate surface area is 189 Å². The minimum absolute atomic E-state index is 0.166. The van der Waals surface area contributed by atoms with Gasteiger partial charge in [0.05, 0.1) is 21.2 Å². The second-order valence-electron chi connectivity index (χ2n) is 8.13. The SMILES string of the molecule is O=C(Nc1ccccc1Cl)c1cc(S(=O)(=O)N2CCCCC2)ccc1N1CCCCC1. The van der Waals surface area contributed by atoms with Crippen LogP contribution < -0.4 is 10.2 Å². The van der Waals surface area contributed by atoms with Gasteiger partial charge in [-0.05, 0) is 62.4 Å². The third-order valence-corrected chi connectivity index (χ3v) is 8.21. The molecule has 4 rings (SSSR count). The van der Waals surface area contributed by atoms with Crippen molar-refractivity contribution in [3.63, 3.8) is 0 Å². The molecule has 2 saturated heterocycles. The summed E-state index contributed by atoms with van der Waals surface area (Å²) in [6.45, 7) is 2.75. The van der Waals surface area contributed by atoms with Crippen molar-refractivity contribution >= 4 is 38.9 Å². The molecular formula is C23H28ClN3O3S. The number of nitrogens with zero attached hydrogens (tertiary/aromatic N) is 2. The second kappa shape index (κ2) is 9.59. The largest absolute Gasteiger partial charge is 0.371 e. The molecule has 6 nitrogen and oxygen atoms in total. The molecule has 2 fully saturated rings. The quantitative estimate of drug-likeness (QED) is 0.697. The highest BCUT2D eigenvalue weighted by Crippen LogP contribution is 2.30. The third-order valence-electron chi connectivity index (χ3n) is 5.98. The number of hydrogen-bond donors (Lipinski definition) is 1. The van der Waals surface area contributed by atoms with Gasteiger partial charge in [-0.2, -0.15) is 4.31 Å². The standard InChI is InChI=1S/C23H28ClN3O3S/c24-20-9-3-4-10-21(20)25-23(28)19-17-18(31(29,30)27-15-7-2-8-16-27)11-12-22(19)26-13-5-1-6-14-26/h3-4,9-12,17H,1-2,5-8,13-16H2,(H,25,28). The fourth-order valence-electron chi connectivity index (χ4n) is 4.27. The lowest BCUT2D eigenvalue weighted by molar-refractivity contribution is 0.102. The van der Waals surface area contributed by atoms with Crippen LogP contribution in [0.2, 0.25) is 5.02 Å². The summed E-state index contributed by atoms with van der Waals surface area (Å²) >= 11 is 6.22.